The van der Waals surface area contributed by atoms with Gasteiger partial charge in [0.15, 0.2) is 0 Å². The Kier molecular flexibility index (Phi) is 5.05. The van der Waals surface area contributed by atoms with Crippen molar-refractivity contribution >= 4 is 21.8 Å². The molecular weight excluding hydrogens is 320 g/mol. The van der Waals surface area contributed by atoms with E-state index in [-0.39, 0.29) is 18.1 Å². The Morgan fingerprint density at radius 3 is 2.75 bits per heavy atom. The number of rotatable bonds is 6. The molecule has 3 N–H and O–H groups in total. The number of hydrogen-bond acceptors (Lipinski definition) is 3. The summed E-state index contributed by atoms with van der Waals surface area (Å²) < 4.78 is 6.45. The van der Waals surface area contributed by atoms with Crippen molar-refractivity contribution in [1.82, 2.24) is 5.32 Å². The minimum atomic E-state index is -0.115. The summed E-state index contributed by atoms with van der Waals surface area (Å²) in [7, 11) is 0. The molecule has 1 aliphatic carbocycles. The van der Waals surface area contributed by atoms with Gasteiger partial charge in [-0.2, -0.15) is 0 Å². The molecule has 1 unspecified atom stereocenters. The van der Waals surface area contributed by atoms with E-state index < -0.39 is 0 Å². The number of ether oxygens (including phenoxy) is 1. The highest BCUT2D eigenvalue weighted by Gasteiger charge is 2.28. The van der Waals surface area contributed by atoms with Crippen molar-refractivity contribution in [3.8, 4) is 5.75 Å². The maximum atomic E-state index is 12.1. The second-order valence-corrected chi connectivity index (χ2v) is 6.47. The van der Waals surface area contributed by atoms with Crippen LogP contribution < -0.4 is 15.8 Å². The van der Waals surface area contributed by atoms with Gasteiger partial charge in [0.25, 0.3) is 5.91 Å². The number of amides is 1. The SMILES string of the molecule is CC(C)Oc1cc(Br)cc(C(=O)NCC(N)C2CC2)c1. The molecule has 2 rings (SSSR count). The Bertz CT molecular complexity index is 487. The maximum Gasteiger partial charge on any atom is 0.251 e. The zero-order chi connectivity index (χ0) is 14.7. The fourth-order valence-corrected chi connectivity index (χ4v) is 2.51. The van der Waals surface area contributed by atoms with E-state index in [1.165, 1.54) is 12.8 Å². The van der Waals surface area contributed by atoms with Gasteiger partial charge in [-0.3, -0.25) is 4.79 Å². The van der Waals surface area contributed by atoms with Gasteiger partial charge >= 0.3 is 0 Å². The van der Waals surface area contributed by atoms with Gasteiger partial charge in [-0.1, -0.05) is 15.9 Å². The Morgan fingerprint density at radius 2 is 2.15 bits per heavy atom. The van der Waals surface area contributed by atoms with Crippen molar-refractivity contribution in [3.63, 3.8) is 0 Å². The molecule has 1 aliphatic rings. The minimum Gasteiger partial charge on any atom is -0.491 e. The number of carbonyl (C=O) groups excluding carboxylic acids is 1. The molecular formula is C15H21BrN2O2. The van der Waals surface area contributed by atoms with Crippen LogP contribution in [0.2, 0.25) is 0 Å². The summed E-state index contributed by atoms with van der Waals surface area (Å²) in [6.45, 7) is 4.43. The Labute approximate surface area is 128 Å². The average Bonchev–Trinajstić information content (AvgIpc) is 3.18. The van der Waals surface area contributed by atoms with E-state index in [0.29, 0.717) is 23.8 Å². The van der Waals surface area contributed by atoms with E-state index in [9.17, 15) is 4.79 Å². The third kappa shape index (κ3) is 4.49. The first-order valence-electron chi connectivity index (χ1n) is 6.96. The van der Waals surface area contributed by atoms with Gasteiger partial charge in [0.2, 0.25) is 0 Å². The predicted molar refractivity (Wildman–Crippen MR) is 82.9 cm³/mol. The molecule has 4 nitrogen and oxygen atoms in total. The van der Waals surface area contributed by atoms with Crippen molar-refractivity contribution in [1.29, 1.82) is 0 Å². The molecule has 0 saturated heterocycles. The zero-order valence-electron chi connectivity index (χ0n) is 11.9. The summed E-state index contributed by atoms with van der Waals surface area (Å²) in [5.74, 6) is 1.15. The first-order valence-corrected chi connectivity index (χ1v) is 7.76. The van der Waals surface area contributed by atoms with Crippen LogP contribution in [-0.4, -0.2) is 24.6 Å². The van der Waals surface area contributed by atoms with E-state index in [0.717, 1.165) is 4.47 Å². The monoisotopic (exact) mass is 340 g/mol. The molecule has 5 heteroatoms. The fourth-order valence-electron chi connectivity index (χ4n) is 2.04. The quantitative estimate of drug-likeness (QED) is 0.836. The molecule has 20 heavy (non-hydrogen) atoms. The van der Waals surface area contributed by atoms with Gasteiger partial charge in [0, 0.05) is 22.6 Å². The van der Waals surface area contributed by atoms with Gasteiger partial charge < -0.3 is 15.8 Å². The van der Waals surface area contributed by atoms with Crippen LogP contribution in [0, 0.1) is 5.92 Å². The molecule has 0 aromatic heterocycles. The normalized spacial score (nSPS) is 16.1. The van der Waals surface area contributed by atoms with Gasteiger partial charge in [-0.05, 0) is 50.8 Å². The summed E-state index contributed by atoms with van der Waals surface area (Å²) in [4.78, 5) is 12.1. The molecule has 0 heterocycles. The molecule has 1 aromatic carbocycles. The Balaban J connectivity index is 1.98. The fraction of sp³-hybridized carbons (Fsp3) is 0.533. The second-order valence-electron chi connectivity index (χ2n) is 5.55. The maximum absolute atomic E-state index is 12.1. The van der Waals surface area contributed by atoms with Crippen LogP contribution >= 0.6 is 15.9 Å². The van der Waals surface area contributed by atoms with Crippen molar-refractivity contribution in [2.75, 3.05) is 6.54 Å². The van der Waals surface area contributed by atoms with Gasteiger partial charge in [-0.15, -0.1) is 0 Å². The van der Waals surface area contributed by atoms with E-state index >= 15 is 0 Å². The topological polar surface area (TPSA) is 64.3 Å². The number of hydrogen-bond donors (Lipinski definition) is 2. The van der Waals surface area contributed by atoms with Crippen molar-refractivity contribution in [3.05, 3.63) is 28.2 Å². The van der Waals surface area contributed by atoms with Crippen LogP contribution in [0.15, 0.2) is 22.7 Å². The van der Waals surface area contributed by atoms with Gasteiger partial charge in [-0.25, -0.2) is 0 Å². The summed E-state index contributed by atoms with van der Waals surface area (Å²) in [5.41, 5.74) is 6.56. The third-order valence-electron chi connectivity index (χ3n) is 3.23. The highest BCUT2D eigenvalue weighted by Crippen LogP contribution is 2.31. The molecule has 110 valence electrons. The minimum absolute atomic E-state index is 0.0671. The average molecular weight is 341 g/mol. The molecule has 1 amide bonds. The highest BCUT2D eigenvalue weighted by molar-refractivity contribution is 9.10. The predicted octanol–water partition coefficient (Wildman–Crippen LogP) is 2.70. The number of carbonyl (C=O) groups is 1. The molecule has 0 spiro atoms. The number of halogens is 1. The third-order valence-corrected chi connectivity index (χ3v) is 3.69. The van der Waals surface area contributed by atoms with E-state index in [2.05, 4.69) is 21.2 Å². The molecule has 1 aromatic rings. The first kappa shape index (κ1) is 15.3. The lowest BCUT2D eigenvalue weighted by Crippen LogP contribution is -2.38. The highest BCUT2D eigenvalue weighted by atomic mass is 79.9. The lowest BCUT2D eigenvalue weighted by atomic mass is 10.1. The van der Waals surface area contributed by atoms with E-state index in [1.807, 2.05) is 19.9 Å². The summed E-state index contributed by atoms with van der Waals surface area (Å²) in [6, 6.07) is 5.46. The van der Waals surface area contributed by atoms with Crippen molar-refractivity contribution in [2.45, 2.75) is 38.8 Å². The van der Waals surface area contributed by atoms with Crippen LogP contribution in [0.25, 0.3) is 0 Å². The second kappa shape index (κ2) is 6.59. The first-order chi connectivity index (χ1) is 9.45. The lowest BCUT2D eigenvalue weighted by Gasteiger charge is -2.14. The number of nitrogens with one attached hydrogen (secondary N) is 1. The van der Waals surface area contributed by atoms with Crippen LogP contribution in [0.1, 0.15) is 37.0 Å². The van der Waals surface area contributed by atoms with Gasteiger partial charge in [0.1, 0.15) is 5.75 Å². The van der Waals surface area contributed by atoms with Crippen molar-refractivity contribution < 1.29 is 9.53 Å². The van der Waals surface area contributed by atoms with Crippen LogP contribution in [-0.2, 0) is 0 Å². The van der Waals surface area contributed by atoms with E-state index in [4.69, 9.17) is 10.5 Å². The summed E-state index contributed by atoms with van der Waals surface area (Å²) in [5, 5.41) is 2.89. The number of benzene rings is 1. The largest absolute Gasteiger partial charge is 0.491 e. The summed E-state index contributed by atoms with van der Waals surface area (Å²) in [6.07, 6.45) is 2.43. The molecule has 0 bridgehead atoms. The Hall–Kier alpha value is -1.07. The smallest absolute Gasteiger partial charge is 0.251 e. The zero-order valence-corrected chi connectivity index (χ0v) is 13.4. The molecule has 0 radical (unpaired) electrons. The molecule has 0 aliphatic heterocycles. The molecule has 1 atom stereocenters. The Morgan fingerprint density at radius 1 is 1.45 bits per heavy atom. The van der Waals surface area contributed by atoms with Crippen molar-refractivity contribution in [2.24, 2.45) is 11.7 Å². The van der Waals surface area contributed by atoms with Crippen LogP contribution in [0.3, 0.4) is 0 Å². The molecule has 1 saturated carbocycles. The van der Waals surface area contributed by atoms with E-state index in [1.54, 1.807) is 12.1 Å². The number of nitrogens with two attached hydrogens (primary N) is 1. The lowest BCUT2D eigenvalue weighted by molar-refractivity contribution is 0.0949. The molecule has 1 fully saturated rings. The van der Waals surface area contributed by atoms with Gasteiger partial charge in [0.05, 0.1) is 6.10 Å². The van der Waals surface area contributed by atoms with Crippen LogP contribution in [0.4, 0.5) is 0 Å². The summed E-state index contributed by atoms with van der Waals surface area (Å²) >= 11 is 3.40. The standard InChI is InChI=1S/C15H21BrN2O2/c1-9(2)20-13-6-11(5-12(16)7-13)15(19)18-8-14(17)10-3-4-10/h5-7,9-10,14H,3-4,8,17H2,1-2H3,(H,18,19). The van der Waals surface area contributed by atoms with Crippen LogP contribution in [0.5, 0.6) is 5.75 Å².